The van der Waals surface area contributed by atoms with E-state index in [1.54, 1.807) is 19.1 Å². The fraction of sp³-hybridized carbons (Fsp3) is 0.621. The number of carbonyl (C=O) groups excluding carboxylic acids is 3. The molecule has 4 aliphatic rings. The zero-order valence-electron chi connectivity index (χ0n) is 24.6. The molecule has 48 heavy (non-hydrogen) atoms. The van der Waals surface area contributed by atoms with Crippen LogP contribution in [0.3, 0.4) is 0 Å². The van der Waals surface area contributed by atoms with Gasteiger partial charge in [0.05, 0.1) is 5.41 Å². The molecule has 0 saturated heterocycles. The molecule has 0 aromatic rings. The van der Waals surface area contributed by atoms with Crippen LogP contribution in [-0.4, -0.2) is 60.4 Å². The summed E-state index contributed by atoms with van der Waals surface area (Å²) in [6.45, 7) is 1.54. The Labute approximate surface area is 261 Å². The third kappa shape index (κ3) is 5.51. The van der Waals surface area contributed by atoms with Crippen LogP contribution in [0, 0.1) is 16.7 Å². The lowest BCUT2D eigenvalue weighted by atomic mass is 9.58. The van der Waals surface area contributed by atoms with Crippen LogP contribution in [0.5, 0.6) is 0 Å². The van der Waals surface area contributed by atoms with E-state index >= 15 is 0 Å². The predicted octanol–water partition coefficient (Wildman–Crippen LogP) is 8.36. The van der Waals surface area contributed by atoms with Crippen LogP contribution in [0.25, 0.3) is 0 Å². The molecule has 0 N–H and O–H groups in total. The summed E-state index contributed by atoms with van der Waals surface area (Å²) in [5.74, 6) is -34.4. The van der Waals surface area contributed by atoms with Gasteiger partial charge in [0, 0.05) is 17.8 Å². The molecular weight excluding hydrogens is 694 g/mol. The van der Waals surface area contributed by atoms with Crippen molar-refractivity contribution in [1.29, 1.82) is 0 Å². The van der Waals surface area contributed by atoms with Crippen LogP contribution < -0.4 is 0 Å². The van der Waals surface area contributed by atoms with Crippen LogP contribution in [0.4, 0.5) is 61.5 Å². The van der Waals surface area contributed by atoms with Gasteiger partial charge in [-0.15, -0.1) is 0 Å². The van der Waals surface area contributed by atoms with Gasteiger partial charge in [0.15, 0.2) is 12.4 Å². The van der Waals surface area contributed by atoms with E-state index in [1.807, 2.05) is 0 Å². The molecule has 0 unspecified atom stereocenters. The Morgan fingerprint density at radius 3 is 1.85 bits per heavy atom. The zero-order valence-corrected chi connectivity index (χ0v) is 24.6. The van der Waals surface area contributed by atoms with Gasteiger partial charge < -0.3 is 9.47 Å². The second-order valence-corrected chi connectivity index (χ2v) is 12.3. The first-order valence-corrected chi connectivity index (χ1v) is 14.0. The molecule has 0 bridgehead atoms. The monoisotopic (exact) mass is 718 g/mol. The van der Waals surface area contributed by atoms with Crippen LogP contribution in [0.1, 0.15) is 52.4 Å². The highest BCUT2D eigenvalue weighted by molar-refractivity contribution is 5.92. The lowest BCUT2D eigenvalue weighted by Gasteiger charge is -2.46. The van der Waals surface area contributed by atoms with Crippen molar-refractivity contribution in [2.45, 2.75) is 88.4 Å². The van der Waals surface area contributed by atoms with Crippen molar-refractivity contribution in [3.63, 3.8) is 0 Å². The molecule has 0 spiro atoms. The van der Waals surface area contributed by atoms with E-state index in [9.17, 15) is 75.8 Å². The highest BCUT2D eigenvalue weighted by Crippen LogP contribution is 2.60. The summed E-state index contributed by atoms with van der Waals surface area (Å²) in [5.41, 5.74) is -0.0824. The van der Waals surface area contributed by atoms with Crippen molar-refractivity contribution in [2.75, 3.05) is 6.61 Å². The molecule has 0 heterocycles. The Morgan fingerprint density at radius 2 is 1.31 bits per heavy atom. The number of alkyl halides is 14. The number of rotatable bonds is 8. The highest BCUT2D eigenvalue weighted by Gasteiger charge is 2.78. The molecule has 0 radical (unpaired) electrons. The molecule has 0 aromatic heterocycles. The molecule has 0 aliphatic heterocycles. The van der Waals surface area contributed by atoms with Gasteiger partial charge in [0.1, 0.15) is 5.76 Å². The van der Waals surface area contributed by atoms with Crippen molar-refractivity contribution in [3.05, 3.63) is 46.3 Å². The van der Waals surface area contributed by atoms with Gasteiger partial charge in [0.2, 0.25) is 0 Å². The highest BCUT2D eigenvalue weighted by atomic mass is 19.4. The van der Waals surface area contributed by atoms with Gasteiger partial charge in [0.25, 0.3) is 0 Å². The number of carbonyl (C=O) groups is 3. The van der Waals surface area contributed by atoms with Gasteiger partial charge in [-0.2, -0.15) is 61.5 Å². The number of allylic oxidation sites excluding steroid dienone is 8. The maximum atomic E-state index is 13.8. The standard InChI is InChI=1S/C29H24F14O5/c1-22-9-7-14(48-21(46)25(32,33)27(36,37)29(41,42)43)11-13(22)3-4-15-16-8-10-23(2,18(16)6-5-17(15)22)19(44)12-47-20(45)24(30,31)26(34,35)28(38,39)40/h3,5,11,15H,4,6-10,12H2,1-2H3/t15-,22-,23-/m0/s1. The number of esters is 2. The number of hydrogen-bond donors (Lipinski definition) is 0. The Hall–Kier alpha value is -3.41. The number of hydrogen-bond acceptors (Lipinski definition) is 5. The van der Waals surface area contributed by atoms with Crippen molar-refractivity contribution in [3.8, 4) is 0 Å². The summed E-state index contributed by atoms with van der Waals surface area (Å²) in [7, 11) is 0. The second-order valence-electron chi connectivity index (χ2n) is 12.3. The van der Waals surface area contributed by atoms with Crippen LogP contribution in [0.15, 0.2) is 46.3 Å². The molecule has 3 atom stereocenters. The normalized spacial score (nSPS) is 26.8. The number of fused-ring (bicyclic) bond motifs is 4. The fourth-order valence-corrected chi connectivity index (χ4v) is 6.53. The maximum Gasteiger partial charge on any atom is 0.460 e. The summed E-state index contributed by atoms with van der Waals surface area (Å²) in [4.78, 5) is 36.4. The van der Waals surface area contributed by atoms with Gasteiger partial charge in [-0.1, -0.05) is 35.8 Å². The van der Waals surface area contributed by atoms with E-state index in [0.717, 1.165) is 11.6 Å². The molecule has 5 nitrogen and oxygen atoms in total. The van der Waals surface area contributed by atoms with Crippen LogP contribution in [0.2, 0.25) is 0 Å². The predicted molar refractivity (Wildman–Crippen MR) is 133 cm³/mol. The third-order valence-corrected chi connectivity index (χ3v) is 9.49. The van der Waals surface area contributed by atoms with E-state index in [1.165, 1.54) is 6.92 Å². The molecule has 0 aromatic carbocycles. The summed E-state index contributed by atoms with van der Waals surface area (Å²) < 4.78 is 191. The van der Waals surface area contributed by atoms with Gasteiger partial charge >= 0.3 is 48.0 Å². The maximum absolute atomic E-state index is 13.8. The number of ketones is 1. The van der Waals surface area contributed by atoms with E-state index in [4.69, 9.17) is 0 Å². The Morgan fingerprint density at radius 1 is 0.771 bits per heavy atom. The Kier molecular flexibility index (Phi) is 8.82. The lowest BCUT2D eigenvalue weighted by molar-refractivity contribution is -0.348. The second kappa shape index (κ2) is 11.3. The molecule has 4 aliphatic carbocycles. The van der Waals surface area contributed by atoms with Crippen molar-refractivity contribution < 1.29 is 85.3 Å². The Bertz CT molecular complexity index is 1530. The minimum Gasteiger partial charge on any atom is -0.453 e. The average molecular weight is 718 g/mol. The molecular formula is C29H24F14O5. The Balaban J connectivity index is 1.51. The summed E-state index contributed by atoms with van der Waals surface area (Å²) in [6, 6.07) is 0. The minimum absolute atomic E-state index is 0.0209. The van der Waals surface area contributed by atoms with Gasteiger partial charge in [-0.3, -0.25) is 4.79 Å². The summed E-state index contributed by atoms with van der Waals surface area (Å²) >= 11 is 0. The summed E-state index contributed by atoms with van der Waals surface area (Å²) in [6.07, 6.45) is -9.01. The van der Waals surface area contributed by atoms with Crippen molar-refractivity contribution in [2.24, 2.45) is 16.7 Å². The molecule has 268 valence electrons. The SMILES string of the molecule is C[C@]12CCC(OC(=O)C(F)(F)C(F)(F)C(F)(F)F)=CC1=CC[C@@H]1C2=CCC2=C1CC[C@]2(C)C(=O)COC(=O)C(F)(F)C(F)(F)C(F)(F)F. The van der Waals surface area contributed by atoms with Gasteiger partial charge in [-0.25, -0.2) is 9.59 Å². The number of ether oxygens (including phenoxy) is 2. The molecule has 0 fully saturated rings. The molecule has 4 rings (SSSR count). The summed E-state index contributed by atoms with van der Waals surface area (Å²) in [5, 5.41) is 0. The van der Waals surface area contributed by atoms with E-state index in [2.05, 4.69) is 9.47 Å². The topological polar surface area (TPSA) is 69.7 Å². The quantitative estimate of drug-likeness (QED) is 0.143. The molecule has 19 heteroatoms. The van der Waals surface area contributed by atoms with Crippen molar-refractivity contribution >= 4 is 17.7 Å². The van der Waals surface area contributed by atoms with E-state index in [0.29, 0.717) is 16.7 Å². The average Bonchev–Trinajstić information content (AvgIpc) is 3.32. The lowest BCUT2D eigenvalue weighted by Crippen LogP contribution is -2.57. The van der Waals surface area contributed by atoms with E-state index < -0.39 is 82.9 Å². The molecule has 0 amide bonds. The number of halogens is 14. The van der Waals surface area contributed by atoms with Crippen LogP contribution >= 0.6 is 0 Å². The fourth-order valence-electron chi connectivity index (χ4n) is 6.53. The van der Waals surface area contributed by atoms with Crippen molar-refractivity contribution in [1.82, 2.24) is 0 Å². The minimum atomic E-state index is -6.79. The van der Waals surface area contributed by atoms with E-state index in [-0.39, 0.29) is 38.5 Å². The first kappa shape index (κ1) is 37.4. The zero-order chi connectivity index (χ0) is 36.7. The first-order chi connectivity index (χ1) is 21.6. The smallest absolute Gasteiger partial charge is 0.453 e. The molecule has 0 saturated carbocycles. The number of Topliss-reactive ketones (excluding diaryl/α,β-unsaturated/α-hetero) is 1. The van der Waals surface area contributed by atoms with Crippen LogP contribution in [-0.2, 0) is 23.9 Å². The largest absolute Gasteiger partial charge is 0.460 e. The third-order valence-electron chi connectivity index (χ3n) is 9.49. The first-order valence-electron chi connectivity index (χ1n) is 14.0. The van der Waals surface area contributed by atoms with Gasteiger partial charge in [-0.05, 0) is 50.7 Å².